The Bertz CT molecular complexity index is 755. The normalized spacial score (nSPS) is 10.8. The smallest absolute Gasteiger partial charge is 0.212 e. The highest BCUT2D eigenvalue weighted by Crippen LogP contribution is 2.30. The first-order valence-electron chi connectivity index (χ1n) is 7.90. The van der Waals surface area contributed by atoms with Gasteiger partial charge in [0.2, 0.25) is 5.88 Å². The molecule has 1 aromatic carbocycles. The summed E-state index contributed by atoms with van der Waals surface area (Å²) in [6.45, 7) is 2.94. The van der Waals surface area contributed by atoms with Crippen molar-refractivity contribution in [2.24, 2.45) is 0 Å². The van der Waals surface area contributed by atoms with Crippen molar-refractivity contribution in [3.05, 3.63) is 53.2 Å². The summed E-state index contributed by atoms with van der Waals surface area (Å²) in [6, 6.07) is 7.25. The minimum atomic E-state index is 0.253. The molecule has 6 heteroatoms. The van der Waals surface area contributed by atoms with Crippen molar-refractivity contribution in [3.63, 3.8) is 0 Å². The van der Waals surface area contributed by atoms with Crippen LogP contribution in [0, 0.1) is 5.41 Å². The van der Waals surface area contributed by atoms with E-state index >= 15 is 0 Å². The molecule has 0 saturated heterocycles. The number of nitrogens with two attached hydrogens (primary N) is 1. The quantitative estimate of drug-likeness (QED) is 0.568. The Balaban J connectivity index is 2.29. The Kier molecular flexibility index (Phi) is 6.54. The van der Waals surface area contributed by atoms with Crippen LogP contribution in [-0.4, -0.2) is 31.5 Å². The number of benzene rings is 1. The van der Waals surface area contributed by atoms with E-state index in [2.05, 4.69) is 4.98 Å². The number of ether oxygens (including phenoxy) is 3. The van der Waals surface area contributed by atoms with Gasteiger partial charge in [0.1, 0.15) is 5.75 Å². The average molecular weight is 341 g/mol. The molecule has 0 fully saturated rings. The highest BCUT2D eigenvalue weighted by Gasteiger charge is 2.15. The molecule has 0 spiro atoms. The van der Waals surface area contributed by atoms with Crippen molar-refractivity contribution in [3.8, 4) is 11.6 Å². The number of aromatic nitrogens is 1. The van der Waals surface area contributed by atoms with Gasteiger partial charge in [-0.05, 0) is 30.7 Å². The topological polar surface area (TPSA) is 90.5 Å². The lowest BCUT2D eigenvalue weighted by molar-refractivity contribution is 0.132. The summed E-state index contributed by atoms with van der Waals surface area (Å²) in [6.07, 6.45) is 5.14. The number of rotatable bonds is 8. The highest BCUT2D eigenvalue weighted by atomic mass is 16.5. The lowest BCUT2D eigenvalue weighted by Gasteiger charge is -2.15. The first-order valence-corrected chi connectivity index (χ1v) is 7.90. The molecule has 0 radical (unpaired) electrons. The molecule has 25 heavy (non-hydrogen) atoms. The fraction of sp³-hybridized carbons (Fsp3) is 0.263. The van der Waals surface area contributed by atoms with Crippen molar-refractivity contribution >= 4 is 17.5 Å². The first-order chi connectivity index (χ1) is 12.1. The molecule has 0 aliphatic heterocycles. The van der Waals surface area contributed by atoms with E-state index in [1.165, 1.54) is 0 Å². The number of hydrogen-bond acceptors (Lipinski definition) is 6. The summed E-state index contributed by atoms with van der Waals surface area (Å²) in [5, 5.41) is 8.38. The fourth-order valence-electron chi connectivity index (χ4n) is 2.35. The predicted octanol–water partition coefficient (Wildman–Crippen LogP) is 3.30. The highest BCUT2D eigenvalue weighted by molar-refractivity contribution is 6.13. The van der Waals surface area contributed by atoms with Crippen LogP contribution < -0.4 is 15.2 Å². The summed E-state index contributed by atoms with van der Waals surface area (Å²) in [4.78, 5) is 4.14. The number of anilines is 1. The van der Waals surface area contributed by atoms with Crippen LogP contribution in [0.5, 0.6) is 11.6 Å². The third-order valence-electron chi connectivity index (χ3n) is 3.62. The second-order valence-corrected chi connectivity index (χ2v) is 5.24. The summed E-state index contributed by atoms with van der Waals surface area (Å²) in [7, 11) is 3.13. The monoisotopic (exact) mass is 341 g/mol. The number of methoxy groups -OCH3 is 2. The zero-order valence-electron chi connectivity index (χ0n) is 14.7. The molecular weight excluding hydrogens is 318 g/mol. The summed E-state index contributed by atoms with van der Waals surface area (Å²) in [5.74, 6) is 1.11. The Labute approximate surface area is 147 Å². The van der Waals surface area contributed by atoms with Crippen molar-refractivity contribution in [2.75, 3.05) is 26.6 Å². The molecule has 0 atom stereocenters. The van der Waals surface area contributed by atoms with Crippen molar-refractivity contribution in [1.29, 1.82) is 5.41 Å². The molecule has 1 heterocycles. The van der Waals surface area contributed by atoms with Gasteiger partial charge in [-0.25, -0.2) is 4.98 Å². The molecule has 6 nitrogen and oxygen atoms in total. The molecule has 132 valence electrons. The van der Waals surface area contributed by atoms with Gasteiger partial charge in [0.25, 0.3) is 0 Å². The van der Waals surface area contributed by atoms with Gasteiger partial charge in [-0.3, -0.25) is 0 Å². The van der Waals surface area contributed by atoms with E-state index in [1.807, 2.05) is 19.1 Å². The van der Waals surface area contributed by atoms with E-state index in [9.17, 15) is 0 Å². The summed E-state index contributed by atoms with van der Waals surface area (Å²) in [5.41, 5.74) is 9.08. The maximum Gasteiger partial charge on any atom is 0.212 e. The van der Waals surface area contributed by atoms with E-state index in [0.717, 1.165) is 11.1 Å². The average Bonchev–Trinajstić information content (AvgIpc) is 2.65. The van der Waals surface area contributed by atoms with E-state index in [1.54, 1.807) is 44.7 Å². The Morgan fingerprint density at radius 3 is 2.60 bits per heavy atom. The predicted molar refractivity (Wildman–Crippen MR) is 99.4 cm³/mol. The maximum atomic E-state index is 8.38. The lowest BCUT2D eigenvalue weighted by atomic mass is 10.0. The van der Waals surface area contributed by atoms with Crippen LogP contribution in [0.25, 0.3) is 6.08 Å². The number of nitrogens with one attached hydrogen (secondary N) is 1. The van der Waals surface area contributed by atoms with Gasteiger partial charge in [0, 0.05) is 30.1 Å². The second-order valence-electron chi connectivity index (χ2n) is 5.24. The molecular formula is C19H23N3O3. The second kappa shape index (κ2) is 8.84. The Morgan fingerprint density at radius 2 is 2.00 bits per heavy atom. The molecule has 0 aliphatic carbocycles. The van der Waals surface area contributed by atoms with Crippen molar-refractivity contribution in [2.45, 2.75) is 13.5 Å². The molecule has 2 aromatic rings. The molecule has 0 unspecified atom stereocenters. The van der Waals surface area contributed by atoms with Gasteiger partial charge in [-0.15, -0.1) is 0 Å². The largest absolute Gasteiger partial charge is 0.496 e. The Morgan fingerprint density at radius 1 is 1.20 bits per heavy atom. The zero-order chi connectivity index (χ0) is 18.2. The van der Waals surface area contributed by atoms with Crippen LogP contribution in [0.4, 0.5) is 5.69 Å². The minimum absolute atomic E-state index is 0.253. The third kappa shape index (κ3) is 4.58. The number of nitrogens with zero attached hydrogens (tertiary/aromatic N) is 1. The van der Waals surface area contributed by atoms with E-state index in [0.29, 0.717) is 36.1 Å². The number of hydrogen-bond donors (Lipinski definition) is 2. The standard InChI is InChI=1S/C19H23N3O3/c1-4-25-12-14-7-9-16(21)18(19(14)24-3)15(20)8-5-13-6-10-17(23-2)22-11-13/h5-11,20H,4,12,21H2,1-3H3/b8-5+,20-15?. The molecule has 0 amide bonds. The maximum absolute atomic E-state index is 8.38. The van der Waals surface area contributed by atoms with Crippen LogP contribution in [0.15, 0.2) is 36.5 Å². The van der Waals surface area contributed by atoms with Gasteiger partial charge in [-0.2, -0.15) is 0 Å². The molecule has 0 saturated carbocycles. The number of pyridine rings is 1. The van der Waals surface area contributed by atoms with Crippen LogP contribution >= 0.6 is 0 Å². The van der Waals surface area contributed by atoms with Crippen LogP contribution in [0.3, 0.4) is 0 Å². The van der Waals surface area contributed by atoms with Crippen molar-refractivity contribution < 1.29 is 14.2 Å². The van der Waals surface area contributed by atoms with Gasteiger partial charge in [0.05, 0.1) is 32.1 Å². The van der Waals surface area contributed by atoms with Gasteiger partial charge in [-0.1, -0.05) is 12.1 Å². The zero-order valence-corrected chi connectivity index (χ0v) is 14.7. The summed E-state index contributed by atoms with van der Waals surface area (Å²) < 4.78 is 16.0. The summed E-state index contributed by atoms with van der Waals surface area (Å²) >= 11 is 0. The van der Waals surface area contributed by atoms with Crippen LogP contribution in [0.2, 0.25) is 0 Å². The van der Waals surface area contributed by atoms with Crippen LogP contribution in [0.1, 0.15) is 23.6 Å². The molecule has 0 bridgehead atoms. The molecule has 3 N–H and O–H groups in total. The van der Waals surface area contributed by atoms with Gasteiger partial charge in [0.15, 0.2) is 0 Å². The van der Waals surface area contributed by atoms with E-state index in [4.69, 9.17) is 25.4 Å². The lowest BCUT2D eigenvalue weighted by Crippen LogP contribution is -2.07. The van der Waals surface area contributed by atoms with E-state index < -0.39 is 0 Å². The van der Waals surface area contributed by atoms with E-state index in [-0.39, 0.29) is 5.71 Å². The first kappa shape index (κ1) is 18.5. The number of nitrogen functional groups attached to an aromatic ring is 1. The van der Waals surface area contributed by atoms with Crippen LogP contribution in [-0.2, 0) is 11.3 Å². The number of allylic oxidation sites excluding steroid dienone is 1. The SMILES string of the molecule is CCOCc1ccc(N)c(C(=N)/C=C/c2ccc(OC)nc2)c1OC. The molecule has 1 aromatic heterocycles. The third-order valence-corrected chi connectivity index (χ3v) is 3.62. The fourth-order valence-corrected chi connectivity index (χ4v) is 2.35. The molecule has 0 aliphatic rings. The van der Waals surface area contributed by atoms with Gasteiger partial charge >= 0.3 is 0 Å². The molecule has 2 rings (SSSR count). The Hall–Kier alpha value is -2.86. The minimum Gasteiger partial charge on any atom is -0.496 e. The van der Waals surface area contributed by atoms with Gasteiger partial charge < -0.3 is 25.4 Å². The van der Waals surface area contributed by atoms with Crippen molar-refractivity contribution in [1.82, 2.24) is 4.98 Å².